The fourth-order valence-electron chi connectivity index (χ4n) is 1.33. The molecule has 0 saturated heterocycles. The van der Waals surface area contributed by atoms with Crippen molar-refractivity contribution in [1.29, 1.82) is 0 Å². The summed E-state index contributed by atoms with van der Waals surface area (Å²) < 4.78 is 4.83. The monoisotopic (exact) mass is 176 g/mol. The van der Waals surface area contributed by atoms with Crippen molar-refractivity contribution in [3.63, 3.8) is 0 Å². The first-order chi connectivity index (χ1) is 6.20. The van der Waals surface area contributed by atoms with Gasteiger partial charge in [0.25, 0.3) is 5.91 Å². The summed E-state index contributed by atoms with van der Waals surface area (Å²) in [4.78, 5) is 10.9. The number of aryl methyl sites for hydroxylation is 1. The van der Waals surface area contributed by atoms with Gasteiger partial charge in [-0.3, -0.25) is 4.79 Å². The highest BCUT2D eigenvalue weighted by atomic mass is 16.5. The maximum atomic E-state index is 10.9. The lowest BCUT2D eigenvalue weighted by molar-refractivity contribution is 0.0967. The second kappa shape index (κ2) is 2.58. The minimum atomic E-state index is -0.586. The van der Waals surface area contributed by atoms with Crippen molar-refractivity contribution in [3.05, 3.63) is 29.5 Å². The van der Waals surface area contributed by atoms with Gasteiger partial charge >= 0.3 is 0 Å². The number of amides is 1. The van der Waals surface area contributed by atoms with Gasteiger partial charge in [-0.1, -0.05) is 17.3 Å². The second-order valence-electron chi connectivity index (χ2n) is 2.84. The van der Waals surface area contributed by atoms with E-state index in [4.69, 9.17) is 10.3 Å². The Morgan fingerprint density at radius 2 is 2.31 bits per heavy atom. The maximum absolute atomic E-state index is 10.9. The van der Waals surface area contributed by atoms with Crippen LogP contribution in [0.3, 0.4) is 0 Å². The zero-order valence-electron chi connectivity index (χ0n) is 7.07. The summed E-state index contributed by atoms with van der Waals surface area (Å²) in [5.74, 6) is -0.454. The van der Waals surface area contributed by atoms with E-state index in [1.807, 2.05) is 19.1 Å². The summed E-state index contributed by atoms with van der Waals surface area (Å²) in [6.07, 6.45) is 0. The SMILES string of the molecule is Cc1cccc2noc(C(N)=O)c12. The van der Waals surface area contributed by atoms with Crippen LogP contribution in [-0.4, -0.2) is 11.1 Å². The molecule has 1 heterocycles. The average Bonchev–Trinajstić information content (AvgIpc) is 2.49. The summed E-state index contributed by atoms with van der Waals surface area (Å²) in [7, 11) is 0. The molecule has 2 aromatic rings. The highest BCUT2D eigenvalue weighted by Crippen LogP contribution is 2.21. The summed E-state index contributed by atoms with van der Waals surface area (Å²) in [5, 5.41) is 4.43. The molecule has 0 aliphatic carbocycles. The first-order valence-electron chi connectivity index (χ1n) is 3.85. The first-order valence-corrected chi connectivity index (χ1v) is 3.85. The lowest BCUT2D eigenvalue weighted by Gasteiger charge is -1.93. The number of carbonyl (C=O) groups excluding carboxylic acids is 1. The van der Waals surface area contributed by atoms with Crippen LogP contribution in [0.4, 0.5) is 0 Å². The molecule has 66 valence electrons. The van der Waals surface area contributed by atoms with E-state index < -0.39 is 5.91 Å². The highest BCUT2D eigenvalue weighted by molar-refractivity contribution is 6.03. The molecule has 13 heavy (non-hydrogen) atoms. The van der Waals surface area contributed by atoms with E-state index in [9.17, 15) is 4.79 Å². The quantitative estimate of drug-likeness (QED) is 0.710. The van der Waals surface area contributed by atoms with Crippen LogP contribution >= 0.6 is 0 Å². The Bertz CT molecular complexity index is 473. The van der Waals surface area contributed by atoms with E-state index in [1.165, 1.54) is 0 Å². The lowest BCUT2D eigenvalue weighted by atomic mass is 10.1. The number of carbonyl (C=O) groups is 1. The van der Waals surface area contributed by atoms with E-state index in [2.05, 4.69) is 5.16 Å². The van der Waals surface area contributed by atoms with Crippen LogP contribution < -0.4 is 5.73 Å². The third-order valence-corrected chi connectivity index (χ3v) is 1.94. The summed E-state index contributed by atoms with van der Waals surface area (Å²) >= 11 is 0. The van der Waals surface area contributed by atoms with Crippen LogP contribution in [0.25, 0.3) is 10.9 Å². The predicted octanol–water partition coefficient (Wildman–Crippen LogP) is 1.24. The van der Waals surface area contributed by atoms with Crippen molar-refractivity contribution in [3.8, 4) is 0 Å². The molecule has 2 N–H and O–H groups in total. The fourth-order valence-corrected chi connectivity index (χ4v) is 1.33. The standard InChI is InChI=1S/C9H8N2O2/c1-5-3-2-4-6-7(5)8(9(10)12)13-11-6/h2-4H,1H3,(H2,10,12). The van der Waals surface area contributed by atoms with Gasteiger partial charge < -0.3 is 10.3 Å². The highest BCUT2D eigenvalue weighted by Gasteiger charge is 2.14. The van der Waals surface area contributed by atoms with Gasteiger partial charge in [-0.2, -0.15) is 0 Å². The van der Waals surface area contributed by atoms with Crippen molar-refractivity contribution in [2.45, 2.75) is 6.92 Å². The van der Waals surface area contributed by atoms with Crippen molar-refractivity contribution < 1.29 is 9.32 Å². The van der Waals surface area contributed by atoms with Crippen LogP contribution in [0.1, 0.15) is 16.1 Å². The minimum Gasteiger partial charge on any atom is -0.363 e. The molecule has 4 heteroatoms. The van der Waals surface area contributed by atoms with Gasteiger partial charge in [-0.15, -0.1) is 0 Å². The maximum Gasteiger partial charge on any atom is 0.287 e. The third-order valence-electron chi connectivity index (χ3n) is 1.94. The average molecular weight is 176 g/mol. The van der Waals surface area contributed by atoms with E-state index >= 15 is 0 Å². The lowest BCUT2D eigenvalue weighted by Crippen LogP contribution is -2.10. The Hall–Kier alpha value is -1.84. The number of primary amides is 1. The molecule has 0 atom stereocenters. The fraction of sp³-hybridized carbons (Fsp3) is 0.111. The number of hydrogen-bond donors (Lipinski definition) is 1. The second-order valence-corrected chi connectivity index (χ2v) is 2.84. The third kappa shape index (κ3) is 1.07. The topological polar surface area (TPSA) is 69.1 Å². The Labute approximate surface area is 74.3 Å². The molecule has 1 amide bonds. The number of nitrogens with zero attached hydrogens (tertiary/aromatic N) is 1. The molecule has 0 bridgehead atoms. The normalized spacial score (nSPS) is 10.5. The van der Waals surface area contributed by atoms with Gasteiger partial charge in [0.05, 0.1) is 5.39 Å². The molecule has 0 saturated carbocycles. The zero-order valence-corrected chi connectivity index (χ0v) is 7.07. The van der Waals surface area contributed by atoms with Gasteiger partial charge in [0.1, 0.15) is 5.52 Å². The number of benzene rings is 1. The molecular weight excluding hydrogens is 168 g/mol. The number of fused-ring (bicyclic) bond motifs is 1. The summed E-state index contributed by atoms with van der Waals surface area (Å²) in [6.45, 7) is 1.88. The molecule has 1 aromatic heterocycles. The van der Waals surface area contributed by atoms with Gasteiger partial charge in [-0.25, -0.2) is 0 Å². The summed E-state index contributed by atoms with van der Waals surface area (Å²) in [5.41, 5.74) is 6.72. The molecule has 0 unspecified atom stereocenters. The van der Waals surface area contributed by atoms with Crippen LogP contribution in [0, 0.1) is 6.92 Å². The van der Waals surface area contributed by atoms with Gasteiger partial charge in [0.15, 0.2) is 0 Å². The smallest absolute Gasteiger partial charge is 0.287 e. The summed E-state index contributed by atoms with van der Waals surface area (Å²) in [6, 6.07) is 5.51. The van der Waals surface area contributed by atoms with Gasteiger partial charge in [0.2, 0.25) is 5.76 Å². The van der Waals surface area contributed by atoms with Crippen molar-refractivity contribution in [2.24, 2.45) is 5.73 Å². The first kappa shape index (κ1) is 7.79. The predicted molar refractivity (Wildman–Crippen MR) is 47.3 cm³/mol. The minimum absolute atomic E-state index is 0.133. The molecule has 0 aliphatic rings. The molecule has 0 aliphatic heterocycles. The van der Waals surface area contributed by atoms with Gasteiger partial charge in [0, 0.05) is 0 Å². The van der Waals surface area contributed by atoms with E-state index in [1.54, 1.807) is 6.07 Å². The molecule has 0 radical (unpaired) electrons. The van der Waals surface area contributed by atoms with Crippen molar-refractivity contribution in [2.75, 3.05) is 0 Å². The Morgan fingerprint density at radius 1 is 1.54 bits per heavy atom. The van der Waals surface area contributed by atoms with Crippen LogP contribution in [0.2, 0.25) is 0 Å². The van der Waals surface area contributed by atoms with Crippen LogP contribution in [0.15, 0.2) is 22.7 Å². The number of aromatic nitrogens is 1. The molecule has 2 rings (SSSR count). The van der Waals surface area contributed by atoms with E-state index in [-0.39, 0.29) is 5.76 Å². The van der Waals surface area contributed by atoms with Crippen molar-refractivity contribution >= 4 is 16.8 Å². The van der Waals surface area contributed by atoms with Gasteiger partial charge in [-0.05, 0) is 18.6 Å². The van der Waals surface area contributed by atoms with Crippen LogP contribution in [-0.2, 0) is 0 Å². The Balaban J connectivity index is 2.86. The number of hydrogen-bond acceptors (Lipinski definition) is 3. The Kier molecular flexibility index (Phi) is 1.55. The van der Waals surface area contributed by atoms with Crippen LogP contribution in [0.5, 0.6) is 0 Å². The van der Waals surface area contributed by atoms with Crippen molar-refractivity contribution in [1.82, 2.24) is 5.16 Å². The molecule has 0 fully saturated rings. The molecule has 4 nitrogen and oxygen atoms in total. The Morgan fingerprint density at radius 3 is 3.00 bits per heavy atom. The largest absolute Gasteiger partial charge is 0.363 e. The molecule has 0 spiro atoms. The zero-order chi connectivity index (χ0) is 9.42. The molecule has 1 aromatic carbocycles. The van der Waals surface area contributed by atoms with E-state index in [0.717, 1.165) is 5.56 Å². The van der Waals surface area contributed by atoms with E-state index in [0.29, 0.717) is 10.9 Å². The number of nitrogens with two attached hydrogens (primary N) is 1. The number of rotatable bonds is 1. The molecular formula is C9H8N2O2.